The van der Waals surface area contributed by atoms with Crippen molar-refractivity contribution < 1.29 is 9.90 Å². The summed E-state index contributed by atoms with van der Waals surface area (Å²) in [6.45, 7) is 8.34. The molecule has 1 aromatic heterocycles. The Morgan fingerprint density at radius 2 is 2.42 bits per heavy atom. The SMILES string of the molecule is [C-]#[N+]c1ncc(C(=O)O)cc1C. The Morgan fingerprint density at radius 1 is 1.75 bits per heavy atom. The Labute approximate surface area is 69.3 Å². The van der Waals surface area contributed by atoms with Gasteiger partial charge in [0.2, 0.25) is 0 Å². The first-order valence-corrected chi connectivity index (χ1v) is 3.22. The topological polar surface area (TPSA) is 54.5 Å². The summed E-state index contributed by atoms with van der Waals surface area (Å²) in [6.07, 6.45) is 1.18. The van der Waals surface area contributed by atoms with E-state index in [9.17, 15) is 4.79 Å². The highest BCUT2D eigenvalue weighted by Gasteiger charge is 2.07. The van der Waals surface area contributed by atoms with Gasteiger partial charge >= 0.3 is 5.97 Å². The summed E-state index contributed by atoms with van der Waals surface area (Å²) in [5, 5.41) is 8.56. The molecule has 0 aromatic carbocycles. The van der Waals surface area contributed by atoms with E-state index in [1.54, 1.807) is 6.92 Å². The van der Waals surface area contributed by atoms with Crippen LogP contribution in [0.4, 0.5) is 5.82 Å². The maximum atomic E-state index is 10.4. The van der Waals surface area contributed by atoms with Crippen molar-refractivity contribution in [2.75, 3.05) is 0 Å². The van der Waals surface area contributed by atoms with Crippen LogP contribution in [0.25, 0.3) is 4.85 Å². The minimum Gasteiger partial charge on any atom is -0.478 e. The Bertz CT molecular complexity index is 366. The number of carbonyl (C=O) groups is 1. The molecule has 0 atom stereocenters. The average molecular weight is 162 g/mol. The second-order valence-electron chi connectivity index (χ2n) is 2.28. The van der Waals surface area contributed by atoms with Crippen molar-refractivity contribution in [3.8, 4) is 0 Å². The molecule has 4 heteroatoms. The van der Waals surface area contributed by atoms with Gasteiger partial charge in [0.05, 0.1) is 0 Å². The lowest BCUT2D eigenvalue weighted by Crippen LogP contribution is -1.97. The monoisotopic (exact) mass is 162 g/mol. The maximum Gasteiger partial charge on any atom is 0.339 e. The summed E-state index contributed by atoms with van der Waals surface area (Å²) in [7, 11) is 0. The molecular formula is C8H6N2O2. The fraction of sp³-hybridized carbons (Fsp3) is 0.125. The van der Waals surface area contributed by atoms with Crippen LogP contribution in [0.2, 0.25) is 0 Å². The first-order valence-electron chi connectivity index (χ1n) is 3.22. The summed E-state index contributed by atoms with van der Waals surface area (Å²) in [5.41, 5.74) is 0.699. The van der Waals surface area contributed by atoms with Crippen LogP contribution in [0.3, 0.4) is 0 Å². The molecule has 1 N–H and O–H groups in total. The minimum atomic E-state index is -1.03. The zero-order valence-electron chi connectivity index (χ0n) is 6.40. The van der Waals surface area contributed by atoms with E-state index in [1.807, 2.05) is 0 Å². The van der Waals surface area contributed by atoms with Gasteiger partial charge in [-0.05, 0) is 18.6 Å². The van der Waals surface area contributed by atoms with Gasteiger partial charge in [0.15, 0.2) is 0 Å². The van der Waals surface area contributed by atoms with Gasteiger partial charge in [0.1, 0.15) is 11.8 Å². The smallest absolute Gasteiger partial charge is 0.339 e. The zero-order chi connectivity index (χ0) is 9.14. The number of carboxylic acids is 1. The van der Waals surface area contributed by atoms with Crippen LogP contribution in [-0.4, -0.2) is 16.1 Å². The van der Waals surface area contributed by atoms with E-state index in [0.717, 1.165) is 0 Å². The van der Waals surface area contributed by atoms with Crippen LogP contribution in [-0.2, 0) is 0 Å². The fourth-order valence-corrected chi connectivity index (χ4v) is 0.802. The molecule has 0 aliphatic carbocycles. The molecule has 4 nitrogen and oxygen atoms in total. The highest BCUT2D eigenvalue weighted by molar-refractivity contribution is 5.87. The largest absolute Gasteiger partial charge is 0.478 e. The summed E-state index contributed by atoms with van der Waals surface area (Å²) in [4.78, 5) is 17.2. The molecule has 1 heterocycles. The lowest BCUT2D eigenvalue weighted by atomic mass is 10.2. The van der Waals surface area contributed by atoms with Gasteiger partial charge in [-0.25, -0.2) is 4.79 Å². The van der Waals surface area contributed by atoms with Crippen molar-refractivity contribution in [2.45, 2.75) is 6.92 Å². The van der Waals surface area contributed by atoms with Crippen molar-refractivity contribution in [3.05, 3.63) is 34.8 Å². The van der Waals surface area contributed by atoms with Crippen LogP contribution in [0, 0.1) is 13.5 Å². The van der Waals surface area contributed by atoms with E-state index in [2.05, 4.69) is 9.83 Å². The Morgan fingerprint density at radius 3 is 2.83 bits per heavy atom. The number of nitrogens with zero attached hydrogens (tertiary/aromatic N) is 2. The molecular weight excluding hydrogens is 156 g/mol. The number of hydrogen-bond donors (Lipinski definition) is 1. The van der Waals surface area contributed by atoms with Crippen LogP contribution in [0.15, 0.2) is 12.3 Å². The number of aromatic nitrogens is 1. The van der Waals surface area contributed by atoms with E-state index >= 15 is 0 Å². The molecule has 0 spiro atoms. The molecule has 12 heavy (non-hydrogen) atoms. The molecule has 0 aliphatic rings. The van der Waals surface area contributed by atoms with Gasteiger partial charge in [-0.15, -0.1) is 4.98 Å². The predicted molar refractivity (Wildman–Crippen MR) is 42.2 cm³/mol. The lowest BCUT2D eigenvalue weighted by Gasteiger charge is -1.95. The highest BCUT2D eigenvalue weighted by atomic mass is 16.4. The fourth-order valence-electron chi connectivity index (χ4n) is 0.802. The maximum absolute atomic E-state index is 10.4. The Hall–Kier alpha value is -1.89. The minimum absolute atomic E-state index is 0.111. The van der Waals surface area contributed by atoms with Crippen molar-refractivity contribution in [3.63, 3.8) is 0 Å². The number of aromatic carboxylic acids is 1. The van der Waals surface area contributed by atoms with Gasteiger partial charge in [-0.2, -0.15) is 0 Å². The van der Waals surface area contributed by atoms with Crippen LogP contribution in [0.1, 0.15) is 15.9 Å². The first kappa shape index (κ1) is 8.21. The molecule has 0 fully saturated rings. The quantitative estimate of drug-likeness (QED) is 0.638. The van der Waals surface area contributed by atoms with Gasteiger partial charge in [0.25, 0.3) is 5.82 Å². The second kappa shape index (κ2) is 3.01. The number of rotatable bonds is 1. The molecule has 1 aromatic rings. The molecule has 0 saturated heterocycles. The molecule has 0 unspecified atom stereocenters. The molecule has 0 radical (unpaired) electrons. The van der Waals surface area contributed by atoms with Crippen LogP contribution in [0.5, 0.6) is 0 Å². The number of hydrogen-bond acceptors (Lipinski definition) is 2. The standard InChI is InChI=1S/C8H6N2O2/c1-5-3-6(8(11)12)4-10-7(5)9-2/h3-4H,1H3,(H,11,12). The number of aryl methyl sites for hydroxylation is 1. The van der Waals surface area contributed by atoms with Crippen molar-refractivity contribution in [1.29, 1.82) is 0 Å². The molecule has 0 aliphatic heterocycles. The predicted octanol–water partition coefficient (Wildman–Crippen LogP) is 1.64. The first-order chi connectivity index (χ1) is 5.65. The molecule has 0 saturated carbocycles. The van der Waals surface area contributed by atoms with Gasteiger partial charge < -0.3 is 9.95 Å². The molecule has 0 amide bonds. The third-order valence-corrected chi connectivity index (χ3v) is 1.40. The van der Waals surface area contributed by atoms with E-state index in [4.69, 9.17) is 11.7 Å². The van der Waals surface area contributed by atoms with E-state index < -0.39 is 5.97 Å². The van der Waals surface area contributed by atoms with Gasteiger partial charge in [0, 0.05) is 0 Å². The van der Waals surface area contributed by atoms with Crippen LogP contribution < -0.4 is 0 Å². The Kier molecular flexibility index (Phi) is 2.06. The van der Waals surface area contributed by atoms with E-state index in [0.29, 0.717) is 5.56 Å². The third kappa shape index (κ3) is 1.40. The molecule has 0 bridgehead atoms. The number of carboxylic acid groups (broad SMARTS) is 1. The lowest BCUT2D eigenvalue weighted by molar-refractivity contribution is 0.0696. The summed E-state index contributed by atoms with van der Waals surface area (Å²) < 4.78 is 0. The highest BCUT2D eigenvalue weighted by Crippen LogP contribution is 2.15. The van der Waals surface area contributed by atoms with Gasteiger partial charge in [-0.1, -0.05) is 6.57 Å². The van der Waals surface area contributed by atoms with Gasteiger partial charge in [-0.3, -0.25) is 0 Å². The van der Waals surface area contributed by atoms with E-state index in [-0.39, 0.29) is 11.4 Å². The normalized spacial score (nSPS) is 9.00. The van der Waals surface area contributed by atoms with Crippen molar-refractivity contribution >= 4 is 11.8 Å². The van der Waals surface area contributed by atoms with Crippen molar-refractivity contribution in [2.24, 2.45) is 0 Å². The molecule has 1 rings (SSSR count). The van der Waals surface area contributed by atoms with Crippen LogP contribution >= 0.6 is 0 Å². The summed E-state index contributed by atoms with van der Waals surface area (Å²) in [5.74, 6) is -0.776. The second-order valence-corrected chi connectivity index (χ2v) is 2.28. The average Bonchev–Trinajstić information content (AvgIpc) is 2.04. The number of pyridine rings is 1. The van der Waals surface area contributed by atoms with Crippen molar-refractivity contribution in [1.82, 2.24) is 4.98 Å². The zero-order valence-corrected chi connectivity index (χ0v) is 6.40. The Balaban J connectivity index is 3.21. The van der Waals surface area contributed by atoms with E-state index in [1.165, 1.54) is 12.3 Å². The summed E-state index contributed by atoms with van der Waals surface area (Å²) >= 11 is 0. The molecule has 60 valence electrons. The summed E-state index contributed by atoms with van der Waals surface area (Å²) in [6, 6.07) is 1.43. The third-order valence-electron chi connectivity index (χ3n) is 1.40.